The number of thiazole rings is 1. The molecule has 0 radical (unpaired) electrons. The molecule has 7 nitrogen and oxygen atoms in total. The van der Waals surface area contributed by atoms with Crippen LogP contribution in [0, 0.1) is 0 Å². The van der Waals surface area contributed by atoms with Crippen molar-refractivity contribution in [1.29, 1.82) is 0 Å². The summed E-state index contributed by atoms with van der Waals surface area (Å²) in [5.41, 5.74) is 5.34. The second-order valence-corrected chi connectivity index (χ2v) is 18.4. The molecule has 3 heterocycles. The lowest BCUT2D eigenvalue weighted by atomic mass is 9.83. The fraction of sp³-hybridized carbons (Fsp3) is 0.367. The summed E-state index contributed by atoms with van der Waals surface area (Å²) in [6.45, 7) is 18.0. The number of benzene rings is 2. The Morgan fingerprint density at radius 2 is 1.82 bits per heavy atom. The van der Waals surface area contributed by atoms with Crippen molar-refractivity contribution >= 4 is 47.6 Å². The number of hydrogen-bond donors (Lipinski definition) is 2. The molecule has 3 aromatic heterocycles. The van der Waals surface area contributed by atoms with Gasteiger partial charge in [0.15, 0.2) is 8.32 Å². The minimum absolute atomic E-state index is 0.105. The minimum atomic E-state index is -1.95. The van der Waals surface area contributed by atoms with E-state index in [-0.39, 0.29) is 10.5 Å². The zero-order valence-electron chi connectivity index (χ0n) is 23.8. The maximum Gasteiger partial charge on any atom is 0.416 e. The molecule has 0 saturated carbocycles. The Morgan fingerprint density at radius 3 is 2.44 bits per heavy atom. The largest absolute Gasteiger partial charge is 0.464 e. The zero-order chi connectivity index (χ0) is 28.3. The SMILES string of the molecule is CC(C)(C)c1c(-c2n[nH]c3cc(-c4nccs4)ccc23)n(C(=O)O)c2ccc(CO[Si](C)(C)C(C)(C)C)cc12. The predicted molar refractivity (Wildman–Crippen MR) is 162 cm³/mol. The van der Waals surface area contributed by atoms with Crippen molar-refractivity contribution in [2.24, 2.45) is 0 Å². The minimum Gasteiger partial charge on any atom is -0.464 e. The fourth-order valence-electron chi connectivity index (χ4n) is 4.79. The van der Waals surface area contributed by atoms with E-state index in [2.05, 4.69) is 75.9 Å². The van der Waals surface area contributed by atoms with Gasteiger partial charge in [-0.2, -0.15) is 5.10 Å². The number of hydrogen-bond acceptors (Lipinski definition) is 5. The second-order valence-electron chi connectivity index (χ2n) is 12.7. The number of rotatable bonds is 5. The van der Waals surface area contributed by atoms with Gasteiger partial charge < -0.3 is 9.53 Å². The van der Waals surface area contributed by atoms with Crippen molar-refractivity contribution in [2.45, 2.75) is 71.7 Å². The van der Waals surface area contributed by atoms with Crippen molar-refractivity contribution in [3.05, 3.63) is 59.1 Å². The third-order valence-electron chi connectivity index (χ3n) is 7.85. The van der Waals surface area contributed by atoms with Gasteiger partial charge in [-0.1, -0.05) is 53.7 Å². The molecule has 0 bridgehead atoms. The van der Waals surface area contributed by atoms with Crippen LogP contribution in [-0.2, 0) is 16.4 Å². The molecule has 0 aliphatic rings. The van der Waals surface area contributed by atoms with Gasteiger partial charge in [0.1, 0.15) is 10.7 Å². The number of nitrogens with zero attached hydrogens (tertiary/aromatic N) is 3. The molecule has 0 amide bonds. The molecule has 0 aliphatic heterocycles. The van der Waals surface area contributed by atoms with Crippen LogP contribution >= 0.6 is 11.3 Å². The van der Waals surface area contributed by atoms with Crippen LogP contribution in [0.15, 0.2) is 48.0 Å². The molecular weight excluding hydrogens is 525 g/mol. The molecule has 5 rings (SSSR count). The first-order valence-electron chi connectivity index (χ1n) is 13.1. The summed E-state index contributed by atoms with van der Waals surface area (Å²) in [6.07, 6.45) is 0.751. The van der Waals surface area contributed by atoms with Gasteiger partial charge in [-0.05, 0) is 58.9 Å². The molecule has 204 valence electrons. The number of fused-ring (bicyclic) bond motifs is 2. The number of nitrogens with one attached hydrogen (secondary N) is 1. The maximum atomic E-state index is 12.8. The molecule has 2 aromatic carbocycles. The standard InChI is InChI=1S/C30H36N4O3SSi/c1-29(2,3)24-21-15-18(17-37-39(7,8)30(4,5)6)9-12-23(21)34(28(35)36)26(24)25-20-11-10-19(16-22(20)32-33-25)27-31-13-14-38-27/h9-16H,17H2,1-8H3,(H,32,33)(H,35,36). The highest BCUT2D eigenvalue weighted by Gasteiger charge is 2.37. The Hall–Kier alpha value is -3.27. The van der Waals surface area contributed by atoms with Crippen LogP contribution in [0.4, 0.5) is 4.79 Å². The molecule has 0 spiro atoms. The van der Waals surface area contributed by atoms with Gasteiger partial charge in [-0.3, -0.25) is 5.10 Å². The van der Waals surface area contributed by atoms with Crippen molar-refractivity contribution in [2.75, 3.05) is 0 Å². The lowest BCUT2D eigenvalue weighted by Crippen LogP contribution is -2.40. The quantitative estimate of drug-likeness (QED) is 0.210. The van der Waals surface area contributed by atoms with Crippen molar-refractivity contribution < 1.29 is 14.3 Å². The summed E-state index contributed by atoms with van der Waals surface area (Å²) in [4.78, 5) is 17.2. The van der Waals surface area contributed by atoms with Crippen LogP contribution in [0.2, 0.25) is 18.1 Å². The normalized spacial score (nSPS) is 13.0. The molecule has 0 fully saturated rings. The summed E-state index contributed by atoms with van der Waals surface area (Å²) in [5.74, 6) is 0. The van der Waals surface area contributed by atoms with E-state index in [4.69, 9.17) is 4.43 Å². The summed E-state index contributed by atoms with van der Waals surface area (Å²) in [7, 11) is -1.95. The predicted octanol–water partition coefficient (Wildman–Crippen LogP) is 8.65. The zero-order valence-corrected chi connectivity index (χ0v) is 25.7. The van der Waals surface area contributed by atoms with Crippen LogP contribution in [0.25, 0.3) is 43.8 Å². The highest BCUT2D eigenvalue weighted by Crippen LogP contribution is 2.43. The van der Waals surface area contributed by atoms with Gasteiger partial charge in [0.25, 0.3) is 0 Å². The molecule has 0 saturated heterocycles. The van der Waals surface area contributed by atoms with Gasteiger partial charge in [0.05, 0.1) is 23.3 Å². The molecular formula is C30H36N4O3SSi. The van der Waals surface area contributed by atoms with E-state index in [0.29, 0.717) is 23.5 Å². The van der Waals surface area contributed by atoms with Crippen LogP contribution in [-0.4, -0.2) is 39.3 Å². The number of aromatic nitrogens is 4. The van der Waals surface area contributed by atoms with Gasteiger partial charge in [-0.15, -0.1) is 11.3 Å². The molecule has 0 unspecified atom stereocenters. The van der Waals surface area contributed by atoms with E-state index in [9.17, 15) is 9.90 Å². The average Bonchev–Trinajstić information content (AvgIpc) is 3.57. The third kappa shape index (κ3) is 4.83. The molecule has 9 heteroatoms. The molecule has 39 heavy (non-hydrogen) atoms. The molecule has 5 aromatic rings. The van der Waals surface area contributed by atoms with Gasteiger partial charge in [-0.25, -0.2) is 14.3 Å². The average molecular weight is 561 g/mol. The van der Waals surface area contributed by atoms with E-state index in [0.717, 1.165) is 38.0 Å². The lowest BCUT2D eigenvalue weighted by molar-refractivity contribution is 0.198. The van der Waals surface area contributed by atoms with E-state index < -0.39 is 14.4 Å². The summed E-state index contributed by atoms with van der Waals surface area (Å²) in [6, 6.07) is 12.0. The van der Waals surface area contributed by atoms with Crippen molar-refractivity contribution in [3.8, 4) is 22.0 Å². The number of carboxylic acid groups (broad SMARTS) is 1. The maximum absolute atomic E-state index is 12.8. The first-order valence-corrected chi connectivity index (χ1v) is 16.9. The lowest BCUT2D eigenvalue weighted by Gasteiger charge is -2.36. The van der Waals surface area contributed by atoms with Crippen LogP contribution in [0.3, 0.4) is 0 Å². The van der Waals surface area contributed by atoms with E-state index >= 15 is 0 Å². The number of aromatic amines is 1. The Kier molecular flexibility index (Phi) is 6.60. The van der Waals surface area contributed by atoms with Gasteiger partial charge in [0, 0.05) is 27.9 Å². The summed E-state index contributed by atoms with van der Waals surface area (Å²) >= 11 is 1.58. The first-order chi connectivity index (χ1) is 18.2. The topological polar surface area (TPSA) is 93.0 Å². The number of carbonyl (C=O) groups is 1. The van der Waals surface area contributed by atoms with E-state index in [1.54, 1.807) is 17.5 Å². The summed E-state index contributed by atoms with van der Waals surface area (Å²) < 4.78 is 7.89. The van der Waals surface area contributed by atoms with E-state index in [1.165, 1.54) is 4.57 Å². The van der Waals surface area contributed by atoms with Crippen molar-refractivity contribution in [1.82, 2.24) is 19.7 Å². The Morgan fingerprint density at radius 1 is 1.08 bits per heavy atom. The van der Waals surface area contributed by atoms with Crippen LogP contribution < -0.4 is 0 Å². The smallest absolute Gasteiger partial charge is 0.416 e. The Balaban J connectivity index is 1.69. The van der Waals surface area contributed by atoms with E-state index in [1.807, 2.05) is 35.7 Å². The van der Waals surface area contributed by atoms with Crippen LogP contribution in [0.1, 0.15) is 52.7 Å². The van der Waals surface area contributed by atoms with Gasteiger partial charge >= 0.3 is 6.09 Å². The summed E-state index contributed by atoms with van der Waals surface area (Å²) in [5, 5.41) is 23.0. The fourth-order valence-corrected chi connectivity index (χ4v) is 6.39. The first kappa shape index (κ1) is 27.3. The highest BCUT2D eigenvalue weighted by atomic mass is 32.1. The molecule has 2 N–H and O–H groups in total. The third-order valence-corrected chi connectivity index (χ3v) is 13.1. The number of H-pyrrole nitrogens is 1. The highest BCUT2D eigenvalue weighted by molar-refractivity contribution is 7.13. The Labute approximate surface area is 234 Å². The molecule has 0 aliphatic carbocycles. The molecule has 0 atom stereocenters. The van der Waals surface area contributed by atoms with Crippen molar-refractivity contribution in [3.63, 3.8) is 0 Å². The monoisotopic (exact) mass is 560 g/mol. The van der Waals surface area contributed by atoms with Crippen LogP contribution in [0.5, 0.6) is 0 Å². The van der Waals surface area contributed by atoms with Gasteiger partial charge in [0.2, 0.25) is 0 Å². The second kappa shape index (κ2) is 9.43. The Bertz CT molecular complexity index is 1690.